The van der Waals surface area contributed by atoms with Crippen molar-refractivity contribution in [2.45, 2.75) is 26.1 Å². The molecule has 4 rings (SSSR count). The van der Waals surface area contributed by atoms with Crippen LogP contribution >= 0.6 is 11.3 Å². The van der Waals surface area contributed by atoms with Crippen molar-refractivity contribution in [3.8, 4) is 17.1 Å². The van der Waals surface area contributed by atoms with Crippen molar-refractivity contribution in [1.82, 2.24) is 5.16 Å². The highest BCUT2D eigenvalue weighted by molar-refractivity contribution is 7.17. The molecule has 0 saturated heterocycles. The quantitative estimate of drug-likeness (QED) is 0.371. The number of ether oxygens (including phenoxy) is 1. The fraction of sp³-hybridized carbons (Fsp3) is 0.190. The lowest BCUT2D eigenvalue weighted by Gasteiger charge is -2.06. The van der Waals surface area contributed by atoms with Crippen molar-refractivity contribution in [1.29, 1.82) is 0 Å². The SMILES string of the molecule is CCc1csc2cc(OCc3cc(-c4ccc(C(F)(F)F)cc4)on3)ccc12. The van der Waals surface area contributed by atoms with Crippen LogP contribution < -0.4 is 4.74 Å². The predicted octanol–water partition coefficient (Wildman–Crippen LogP) is 6.72. The van der Waals surface area contributed by atoms with Gasteiger partial charge in [-0.2, -0.15) is 13.2 Å². The van der Waals surface area contributed by atoms with Crippen molar-refractivity contribution < 1.29 is 22.4 Å². The van der Waals surface area contributed by atoms with Gasteiger partial charge in [0, 0.05) is 16.3 Å². The summed E-state index contributed by atoms with van der Waals surface area (Å²) in [6.07, 6.45) is -3.37. The van der Waals surface area contributed by atoms with E-state index in [9.17, 15) is 13.2 Å². The number of fused-ring (bicyclic) bond motifs is 1. The van der Waals surface area contributed by atoms with E-state index in [0.717, 1.165) is 24.3 Å². The van der Waals surface area contributed by atoms with Gasteiger partial charge in [0.15, 0.2) is 5.76 Å². The number of hydrogen-bond donors (Lipinski definition) is 0. The average Bonchev–Trinajstić information content (AvgIpc) is 3.32. The minimum Gasteiger partial charge on any atom is -0.487 e. The number of alkyl halides is 3. The van der Waals surface area contributed by atoms with Crippen LogP contribution in [-0.2, 0) is 19.2 Å². The molecule has 0 amide bonds. The molecule has 0 N–H and O–H groups in total. The summed E-state index contributed by atoms with van der Waals surface area (Å²) in [5.41, 5.74) is 1.72. The third-order valence-electron chi connectivity index (χ3n) is 4.45. The van der Waals surface area contributed by atoms with Crippen LogP contribution in [0.25, 0.3) is 21.4 Å². The van der Waals surface area contributed by atoms with Crippen LogP contribution in [0.4, 0.5) is 13.2 Å². The molecule has 0 aliphatic carbocycles. The summed E-state index contributed by atoms with van der Waals surface area (Å²) in [5.74, 6) is 1.13. The molecule has 0 saturated carbocycles. The molecular weight excluding hydrogens is 387 g/mol. The molecule has 2 heterocycles. The Bertz CT molecular complexity index is 1100. The fourth-order valence-electron chi connectivity index (χ4n) is 2.92. The fourth-order valence-corrected chi connectivity index (χ4v) is 4.00. The molecule has 2 aromatic carbocycles. The zero-order chi connectivity index (χ0) is 19.7. The Hall–Kier alpha value is -2.80. The molecule has 0 aliphatic heterocycles. The number of halogens is 3. The minimum atomic E-state index is -4.36. The maximum absolute atomic E-state index is 12.7. The first-order valence-electron chi connectivity index (χ1n) is 8.70. The zero-order valence-electron chi connectivity index (χ0n) is 14.9. The molecule has 7 heteroatoms. The first-order valence-corrected chi connectivity index (χ1v) is 9.58. The number of nitrogens with zero attached hydrogens (tertiary/aromatic N) is 1. The molecule has 0 spiro atoms. The normalized spacial score (nSPS) is 11.9. The van der Waals surface area contributed by atoms with Gasteiger partial charge in [-0.05, 0) is 53.1 Å². The molecule has 144 valence electrons. The van der Waals surface area contributed by atoms with Crippen LogP contribution in [0, 0.1) is 0 Å². The van der Waals surface area contributed by atoms with Crippen LogP contribution in [0.1, 0.15) is 23.7 Å². The number of hydrogen-bond acceptors (Lipinski definition) is 4. The van der Waals surface area contributed by atoms with Crippen molar-refractivity contribution in [3.05, 3.63) is 70.7 Å². The van der Waals surface area contributed by atoms with E-state index in [4.69, 9.17) is 9.26 Å². The molecule has 0 bridgehead atoms. The van der Waals surface area contributed by atoms with Gasteiger partial charge in [0.25, 0.3) is 0 Å². The molecule has 0 unspecified atom stereocenters. The van der Waals surface area contributed by atoms with Gasteiger partial charge in [-0.3, -0.25) is 0 Å². The van der Waals surface area contributed by atoms with E-state index >= 15 is 0 Å². The lowest BCUT2D eigenvalue weighted by atomic mass is 10.1. The third-order valence-corrected chi connectivity index (χ3v) is 5.44. The summed E-state index contributed by atoms with van der Waals surface area (Å²) in [7, 11) is 0. The van der Waals surface area contributed by atoms with Crippen molar-refractivity contribution in [3.63, 3.8) is 0 Å². The van der Waals surface area contributed by atoms with Crippen molar-refractivity contribution >= 4 is 21.4 Å². The van der Waals surface area contributed by atoms with Crippen LogP contribution in [-0.4, -0.2) is 5.16 Å². The van der Waals surface area contributed by atoms with E-state index in [2.05, 4.69) is 23.5 Å². The van der Waals surface area contributed by atoms with Gasteiger partial charge in [0.2, 0.25) is 0 Å². The highest BCUT2D eigenvalue weighted by atomic mass is 32.1. The monoisotopic (exact) mass is 403 g/mol. The molecule has 4 aromatic rings. The molecule has 0 aliphatic rings. The van der Waals surface area contributed by atoms with Crippen LogP contribution in [0.5, 0.6) is 5.75 Å². The summed E-state index contributed by atoms with van der Waals surface area (Å²) < 4.78 is 50.2. The smallest absolute Gasteiger partial charge is 0.416 e. The molecular formula is C21H16F3NO2S. The number of aryl methyl sites for hydroxylation is 1. The molecule has 3 nitrogen and oxygen atoms in total. The van der Waals surface area contributed by atoms with Crippen LogP contribution in [0.2, 0.25) is 0 Å². The predicted molar refractivity (Wildman–Crippen MR) is 102 cm³/mol. The zero-order valence-corrected chi connectivity index (χ0v) is 15.7. The lowest BCUT2D eigenvalue weighted by Crippen LogP contribution is -2.03. The third kappa shape index (κ3) is 3.75. The number of aromatic nitrogens is 1. The second kappa shape index (κ2) is 7.31. The number of thiophene rings is 1. The van der Waals surface area contributed by atoms with E-state index in [1.807, 2.05) is 12.1 Å². The molecule has 0 atom stereocenters. The first-order chi connectivity index (χ1) is 13.4. The largest absolute Gasteiger partial charge is 0.487 e. The molecule has 28 heavy (non-hydrogen) atoms. The Kier molecular flexibility index (Phi) is 4.85. The average molecular weight is 403 g/mol. The number of rotatable bonds is 5. The van der Waals surface area contributed by atoms with Crippen LogP contribution in [0.3, 0.4) is 0 Å². The van der Waals surface area contributed by atoms with E-state index in [0.29, 0.717) is 17.0 Å². The van der Waals surface area contributed by atoms with E-state index < -0.39 is 11.7 Å². The van der Waals surface area contributed by atoms with Crippen molar-refractivity contribution in [2.75, 3.05) is 0 Å². The Morgan fingerprint density at radius 3 is 2.57 bits per heavy atom. The van der Waals surface area contributed by atoms with Gasteiger partial charge < -0.3 is 9.26 Å². The second-order valence-electron chi connectivity index (χ2n) is 6.32. The summed E-state index contributed by atoms with van der Waals surface area (Å²) in [5, 5.41) is 7.34. The Balaban J connectivity index is 1.45. The topological polar surface area (TPSA) is 35.3 Å². The van der Waals surface area contributed by atoms with Gasteiger partial charge in [-0.25, -0.2) is 0 Å². The van der Waals surface area contributed by atoms with Gasteiger partial charge in [0.1, 0.15) is 18.1 Å². The van der Waals surface area contributed by atoms with E-state index in [1.165, 1.54) is 27.8 Å². The van der Waals surface area contributed by atoms with Gasteiger partial charge in [-0.1, -0.05) is 24.2 Å². The van der Waals surface area contributed by atoms with Gasteiger partial charge >= 0.3 is 6.18 Å². The standard InChI is InChI=1S/C21H16F3NO2S/c1-2-13-12-28-20-10-17(7-8-18(13)20)26-11-16-9-19(27-25-16)14-3-5-15(6-4-14)21(22,23)24/h3-10,12H,2,11H2,1H3. The minimum absolute atomic E-state index is 0.210. The molecule has 0 radical (unpaired) electrons. The van der Waals surface area contributed by atoms with Gasteiger partial charge in [0.05, 0.1) is 5.56 Å². The van der Waals surface area contributed by atoms with E-state index in [1.54, 1.807) is 17.4 Å². The van der Waals surface area contributed by atoms with E-state index in [-0.39, 0.29) is 6.61 Å². The van der Waals surface area contributed by atoms with Crippen LogP contribution in [0.15, 0.2) is 58.4 Å². The molecule has 0 fully saturated rings. The summed E-state index contributed by atoms with van der Waals surface area (Å²) >= 11 is 1.68. The Morgan fingerprint density at radius 2 is 1.86 bits per heavy atom. The summed E-state index contributed by atoms with van der Waals surface area (Å²) in [6.45, 7) is 2.34. The van der Waals surface area contributed by atoms with Gasteiger partial charge in [-0.15, -0.1) is 11.3 Å². The lowest BCUT2D eigenvalue weighted by molar-refractivity contribution is -0.137. The maximum atomic E-state index is 12.7. The number of benzene rings is 2. The highest BCUT2D eigenvalue weighted by Crippen LogP contribution is 2.32. The Labute approximate surface area is 163 Å². The first kappa shape index (κ1) is 18.6. The summed E-state index contributed by atoms with van der Waals surface area (Å²) in [4.78, 5) is 0. The second-order valence-corrected chi connectivity index (χ2v) is 7.23. The maximum Gasteiger partial charge on any atom is 0.416 e. The Morgan fingerprint density at radius 1 is 1.07 bits per heavy atom. The molecule has 2 aromatic heterocycles. The van der Waals surface area contributed by atoms with Crippen molar-refractivity contribution in [2.24, 2.45) is 0 Å². The summed E-state index contributed by atoms with van der Waals surface area (Å²) in [6, 6.07) is 12.4. The highest BCUT2D eigenvalue weighted by Gasteiger charge is 2.30.